The van der Waals surface area contributed by atoms with Crippen LogP contribution in [0.2, 0.25) is 0 Å². The molecule has 0 bridgehead atoms. The Morgan fingerprint density at radius 2 is 1.81 bits per heavy atom. The monoisotopic (exact) mass is 228 g/mol. The molecule has 0 heterocycles. The Labute approximate surface area is 100 Å². The molecule has 0 aliphatic heterocycles. The summed E-state index contributed by atoms with van der Waals surface area (Å²) in [6, 6.07) is 0.634. The predicted octanol–water partition coefficient (Wildman–Crippen LogP) is 1.45. The van der Waals surface area contributed by atoms with Crippen LogP contribution in [0, 0.1) is 11.8 Å². The summed E-state index contributed by atoms with van der Waals surface area (Å²) in [5.74, 6) is 1.26. The van der Waals surface area contributed by atoms with E-state index >= 15 is 0 Å². The molecule has 2 atom stereocenters. The van der Waals surface area contributed by atoms with Gasteiger partial charge in [0.1, 0.15) is 0 Å². The number of hydrogen-bond acceptors (Lipinski definition) is 3. The second-order valence-corrected chi connectivity index (χ2v) is 5.81. The summed E-state index contributed by atoms with van der Waals surface area (Å²) in [6.07, 6.45) is 2.69. The molecule has 1 fully saturated rings. The van der Waals surface area contributed by atoms with Gasteiger partial charge in [0.15, 0.2) is 0 Å². The van der Waals surface area contributed by atoms with Gasteiger partial charge in [-0.25, -0.2) is 0 Å². The van der Waals surface area contributed by atoms with Gasteiger partial charge in [0.25, 0.3) is 0 Å². The first kappa shape index (κ1) is 13.9. The topological polar surface area (TPSA) is 49.5 Å². The highest BCUT2D eigenvalue weighted by atomic mass is 16.3. The lowest BCUT2D eigenvalue weighted by molar-refractivity contribution is 0.0637. The van der Waals surface area contributed by atoms with Crippen LogP contribution in [0.15, 0.2) is 0 Å². The summed E-state index contributed by atoms with van der Waals surface area (Å²) >= 11 is 0. The second kappa shape index (κ2) is 5.99. The van der Waals surface area contributed by atoms with Crippen molar-refractivity contribution >= 4 is 0 Å². The summed E-state index contributed by atoms with van der Waals surface area (Å²) in [4.78, 5) is 2.39. The summed E-state index contributed by atoms with van der Waals surface area (Å²) in [5, 5.41) is 9.58. The van der Waals surface area contributed by atoms with Gasteiger partial charge in [0.2, 0.25) is 0 Å². The van der Waals surface area contributed by atoms with Gasteiger partial charge < -0.3 is 10.8 Å². The van der Waals surface area contributed by atoms with Crippen molar-refractivity contribution in [1.82, 2.24) is 4.90 Å². The van der Waals surface area contributed by atoms with E-state index in [4.69, 9.17) is 5.73 Å². The number of nitrogens with zero attached hydrogens (tertiary/aromatic N) is 1. The maximum atomic E-state index is 9.58. The maximum Gasteiger partial charge on any atom is 0.0602 e. The van der Waals surface area contributed by atoms with Crippen molar-refractivity contribution in [2.75, 3.05) is 13.2 Å². The molecular formula is C13H28N2O. The first-order valence-corrected chi connectivity index (χ1v) is 6.59. The number of rotatable bonds is 7. The molecular weight excluding hydrogens is 200 g/mol. The van der Waals surface area contributed by atoms with E-state index in [9.17, 15) is 5.11 Å². The van der Waals surface area contributed by atoms with E-state index in [1.807, 2.05) is 0 Å². The largest absolute Gasteiger partial charge is 0.395 e. The normalized spacial score (nSPS) is 20.8. The molecule has 3 heteroatoms. The highest BCUT2D eigenvalue weighted by Crippen LogP contribution is 2.31. The quantitative estimate of drug-likeness (QED) is 0.693. The third kappa shape index (κ3) is 3.72. The Morgan fingerprint density at radius 1 is 1.25 bits per heavy atom. The highest BCUT2D eigenvalue weighted by Gasteiger charge is 2.32. The van der Waals surface area contributed by atoms with E-state index in [1.165, 1.54) is 12.8 Å². The fraction of sp³-hybridized carbons (Fsp3) is 1.00. The van der Waals surface area contributed by atoms with Crippen LogP contribution in [0.4, 0.5) is 0 Å². The fourth-order valence-electron chi connectivity index (χ4n) is 2.22. The number of nitrogens with two attached hydrogens (primary N) is 1. The molecule has 0 aromatic carbocycles. The molecule has 1 saturated carbocycles. The van der Waals surface area contributed by atoms with Crippen LogP contribution in [0.5, 0.6) is 0 Å². The van der Waals surface area contributed by atoms with Crippen molar-refractivity contribution in [2.45, 2.75) is 58.7 Å². The minimum Gasteiger partial charge on any atom is -0.395 e. The lowest BCUT2D eigenvalue weighted by atomic mass is 9.95. The van der Waals surface area contributed by atoms with Crippen LogP contribution in [0.3, 0.4) is 0 Å². The van der Waals surface area contributed by atoms with Crippen LogP contribution in [-0.2, 0) is 0 Å². The number of aliphatic hydroxyl groups is 1. The highest BCUT2D eigenvalue weighted by molar-refractivity contribution is 4.89. The van der Waals surface area contributed by atoms with E-state index in [-0.39, 0.29) is 18.7 Å². The molecule has 0 amide bonds. The molecule has 2 unspecified atom stereocenters. The van der Waals surface area contributed by atoms with Crippen molar-refractivity contribution in [3.8, 4) is 0 Å². The lowest BCUT2D eigenvalue weighted by Gasteiger charge is -2.38. The molecule has 0 aromatic heterocycles. The summed E-state index contributed by atoms with van der Waals surface area (Å²) in [7, 11) is 0. The van der Waals surface area contributed by atoms with Gasteiger partial charge in [0.05, 0.1) is 6.61 Å². The maximum absolute atomic E-state index is 9.58. The molecule has 0 radical (unpaired) electrons. The minimum atomic E-state index is 0.0613. The van der Waals surface area contributed by atoms with E-state index in [0.717, 1.165) is 12.5 Å². The van der Waals surface area contributed by atoms with Gasteiger partial charge in [-0.3, -0.25) is 4.90 Å². The molecule has 0 aromatic rings. The summed E-state index contributed by atoms with van der Waals surface area (Å²) < 4.78 is 0. The van der Waals surface area contributed by atoms with Crippen LogP contribution >= 0.6 is 0 Å². The minimum absolute atomic E-state index is 0.0613. The first-order valence-electron chi connectivity index (χ1n) is 6.59. The third-order valence-corrected chi connectivity index (χ3v) is 3.66. The predicted molar refractivity (Wildman–Crippen MR) is 68.3 cm³/mol. The standard InChI is InChI=1S/C13H28N2O/c1-9(2)13(14)12(8-16)15(10(3)4)7-11-5-6-11/h9-13,16H,5-8,14H2,1-4H3. The second-order valence-electron chi connectivity index (χ2n) is 5.81. The Kier molecular flexibility index (Phi) is 5.22. The third-order valence-electron chi connectivity index (χ3n) is 3.66. The lowest BCUT2D eigenvalue weighted by Crippen LogP contribution is -2.55. The van der Waals surface area contributed by atoms with E-state index in [2.05, 4.69) is 32.6 Å². The van der Waals surface area contributed by atoms with Gasteiger partial charge >= 0.3 is 0 Å². The van der Waals surface area contributed by atoms with Crippen molar-refractivity contribution < 1.29 is 5.11 Å². The van der Waals surface area contributed by atoms with E-state index < -0.39 is 0 Å². The molecule has 3 N–H and O–H groups in total. The van der Waals surface area contributed by atoms with Gasteiger partial charge in [-0.05, 0) is 38.5 Å². The van der Waals surface area contributed by atoms with Gasteiger partial charge in [-0.2, -0.15) is 0 Å². The Bertz CT molecular complexity index is 202. The number of aliphatic hydroxyl groups excluding tert-OH is 1. The zero-order chi connectivity index (χ0) is 12.3. The Hall–Kier alpha value is -0.120. The smallest absolute Gasteiger partial charge is 0.0602 e. The average molecular weight is 228 g/mol. The van der Waals surface area contributed by atoms with Gasteiger partial charge in [-0.15, -0.1) is 0 Å². The SMILES string of the molecule is CC(C)C(N)C(CO)N(CC1CC1)C(C)C. The molecule has 0 spiro atoms. The van der Waals surface area contributed by atoms with Crippen LogP contribution in [-0.4, -0.2) is 41.3 Å². The molecule has 1 aliphatic carbocycles. The Balaban J connectivity index is 2.63. The van der Waals surface area contributed by atoms with Crippen molar-refractivity contribution in [3.63, 3.8) is 0 Å². The number of hydrogen-bond donors (Lipinski definition) is 2. The van der Waals surface area contributed by atoms with Crippen LogP contribution in [0.25, 0.3) is 0 Å². The molecule has 96 valence electrons. The zero-order valence-electron chi connectivity index (χ0n) is 11.2. The zero-order valence-corrected chi connectivity index (χ0v) is 11.2. The van der Waals surface area contributed by atoms with Crippen LogP contribution in [0.1, 0.15) is 40.5 Å². The van der Waals surface area contributed by atoms with E-state index in [1.54, 1.807) is 0 Å². The summed E-state index contributed by atoms with van der Waals surface area (Å²) in [5.41, 5.74) is 6.20. The van der Waals surface area contributed by atoms with Crippen LogP contribution < -0.4 is 5.73 Å². The molecule has 3 nitrogen and oxygen atoms in total. The van der Waals surface area contributed by atoms with Crippen molar-refractivity contribution in [3.05, 3.63) is 0 Å². The van der Waals surface area contributed by atoms with Crippen molar-refractivity contribution in [2.24, 2.45) is 17.6 Å². The first-order chi connectivity index (χ1) is 7.47. The molecule has 1 aliphatic rings. The fourth-order valence-corrected chi connectivity index (χ4v) is 2.22. The summed E-state index contributed by atoms with van der Waals surface area (Å²) in [6.45, 7) is 9.91. The average Bonchev–Trinajstić information content (AvgIpc) is 3.00. The molecule has 0 saturated heterocycles. The Morgan fingerprint density at radius 3 is 2.12 bits per heavy atom. The van der Waals surface area contributed by atoms with E-state index in [0.29, 0.717) is 12.0 Å². The van der Waals surface area contributed by atoms with Crippen molar-refractivity contribution in [1.29, 1.82) is 0 Å². The van der Waals surface area contributed by atoms with Gasteiger partial charge in [0, 0.05) is 24.7 Å². The molecule has 1 rings (SSSR count). The molecule has 16 heavy (non-hydrogen) atoms. The van der Waals surface area contributed by atoms with Gasteiger partial charge in [-0.1, -0.05) is 13.8 Å².